The summed E-state index contributed by atoms with van der Waals surface area (Å²) in [6, 6.07) is 10.2. The molecule has 0 bridgehead atoms. The van der Waals surface area contributed by atoms with E-state index in [-0.39, 0.29) is 42.2 Å². The summed E-state index contributed by atoms with van der Waals surface area (Å²) >= 11 is 1.59. The van der Waals surface area contributed by atoms with E-state index in [0.717, 1.165) is 35.8 Å². The van der Waals surface area contributed by atoms with Crippen molar-refractivity contribution in [1.29, 1.82) is 0 Å². The van der Waals surface area contributed by atoms with E-state index >= 15 is 0 Å². The van der Waals surface area contributed by atoms with Crippen LogP contribution >= 0.6 is 36.2 Å². The van der Waals surface area contributed by atoms with Gasteiger partial charge in [-0.2, -0.15) is 0 Å². The predicted octanol–water partition coefficient (Wildman–Crippen LogP) is 3.78. The van der Waals surface area contributed by atoms with E-state index < -0.39 is 0 Å². The molecule has 0 spiro atoms. The summed E-state index contributed by atoms with van der Waals surface area (Å²) < 4.78 is 0. The highest BCUT2D eigenvalue weighted by Gasteiger charge is 2.35. The maximum atomic E-state index is 12.6. The van der Waals surface area contributed by atoms with Gasteiger partial charge in [-0.25, -0.2) is 4.98 Å². The number of nitrogens with two attached hydrogens (primary N) is 1. The van der Waals surface area contributed by atoms with Crippen LogP contribution in [0.1, 0.15) is 26.0 Å². The highest BCUT2D eigenvalue weighted by atomic mass is 35.5. The SMILES string of the molecule is CC1(C)CN(C(=O)Cc2csc(-c3ccccc3)n2)CCC1N.Cl.Cl. The van der Waals surface area contributed by atoms with E-state index in [0.29, 0.717) is 6.42 Å². The molecule has 1 amide bonds. The molecule has 2 aromatic rings. The van der Waals surface area contributed by atoms with Gasteiger partial charge in [-0.15, -0.1) is 36.2 Å². The van der Waals surface area contributed by atoms with Gasteiger partial charge >= 0.3 is 0 Å². The topological polar surface area (TPSA) is 59.2 Å². The highest BCUT2D eigenvalue weighted by Crippen LogP contribution is 2.28. The molecule has 1 atom stereocenters. The van der Waals surface area contributed by atoms with Gasteiger partial charge in [0.05, 0.1) is 12.1 Å². The molecule has 1 fully saturated rings. The normalized spacial score (nSPS) is 18.8. The maximum absolute atomic E-state index is 12.6. The molecular formula is C18H25Cl2N3OS. The maximum Gasteiger partial charge on any atom is 0.228 e. The van der Waals surface area contributed by atoms with Gasteiger partial charge in [-0.3, -0.25) is 4.79 Å². The van der Waals surface area contributed by atoms with Gasteiger partial charge in [0.2, 0.25) is 5.91 Å². The van der Waals surface area contributed by atoms with Crippen LogP contribution < -0.4 is 5.73 Å². The first kappa shape index (κ1) is 21.9. The summed E-state index contributed by atoms with van der Waals surface area (Å²) in [5.41, 5.74) is 8.08. The molecule has 2 N–H and O–H groups in total. The van der Waals surface area contributed by atoms with E-state index in [1.165, 1.54) is 0 Å². The third kappa shape index (κ3) is 5.17. The van der Waals surface area contributed by atoms with Crippen LogP contribution in [0, 0.1) is 5.41 Å². The van der Waals surface area contributed by atoms with Crippen LogP contribution in [0.15, 0.2) is 35.7 Å². The zero-order valence-corrected chi connectivity index (χ0v) is 16.9. The standard InChI is InChI=1S/C18H23N3OS.2ClH/c1-18(2)12-21(9-8-15(18)19)16(22)10-14-11-23-17(20-14)13-6-4-3-5-7-13;;/h3-7,11,15H,8-10,12,19H2,1-2H3;2*1H. The van der Waals surface area contributed by atoms with Crippen molar-refractivity contribution in [3.05, 3.63) is 41.4 Å². The van der Waals surface area contributed by atoms with Gasteiger partial charge in [0.1, 0.15) is 5.01 Å². The van der Waals surface area contributed by atoms with E-state index in [1.807, 2.05) is 40.6 Å². The second kappa shape index (κ2) is 8.99. The largest absolute Gasteiger partial charge is 0.342 e. The lowest BCUT2D eigenvalue weighted by molar-refractivity contribution is -0.133. The second-order valence-electron chi connectivity index (χ2n) is 6.89. The van der Waals surface area contributed by atoms with E-state index in [1.54, 1.807) is 11.3 Å². The molecule has 3 rings (SSSR count). The lowest BCUT2D eigenvalue weighted by Gasteiger charge is -2.42. The molecule has 2 heterocycles. The fourth-order valence-corrected chi connectivity index (χ4v) is 3.78. The van der Waals surface area contributed by atoms with Crippen molar-refractivity contribution in [2.45, 2.75) is 32.7 Å². The average Bonchev–Trinajstić information content (AvgIpc) is 2.99. The summed E-state index contributed by atoms with van der Waals surface area (Å²) in [6.45, 7) is 5.74. The van der Waals surface area contributed by atoms with Gasteiger partial charge < -0.3 is 10.6 Å². The number of carbonyl (C=O) groups is 1. The number of amides is 1. The van der Waals surface area contributed by atoms with Crippen LogP contribution in [0.4, 0.5) is 0 Å². The third-order valence-electron chi connectivity index (χ3n) is 4.57. The van der Waals surface area contributed by atoms with E-state index in [9.17, 15) is 4.79 Å². The van der Waals surface area contributed by atoms with Crippen molar-refractivity contribution in [2.24, 2.45) is 11.1 Å². The molecule has 1 aliphatic rings. The van der Waals surface area contributed by atoms with Crippen molar-refractivity contribution in [1.82, 2.24) is 9.88 Å². The van der Waals surface area contributed by atoms with Crippen molar-refractivity contribution in [2.75, 3.05) is 13.1 Å². The van der Waals surface area contributed by atoms with Crippen LogP contribution in [0.2, 0.25) is 0 Å². The molecule has 7 heteroatoms. The van der Waals surface area contributed by atoms with Crippen LogP contribution in [0.25, 0.3) is 10.6 Å². The number of aromatic nitrogens is 1. The van der Waals surface area contributed by atoms with Crippen molar-refractivity contribution < 1.29 is 4.79 Å². The molecule has 25 heavy (non-hydrogen) atoms. The predicted molar refractivity (Wildman–Crippen MR) is 109 cm³/mol. The number of halogens is 2. The molecule has 0 saturated carbocycles. The van der Waals surface area contributed by atoms with Gasteiger partial charge in [0.15, 0.2) is 0 Å². The van der Waals surface area contributed by atoms with Gasteiger partial charge in [-0.1, -0.05) is 44.2 Å². The lowest BCUT2D eigenvalue weighted by atomic mass is 9.79. The Labute approximate surface area is 165 Å². The van der Waals surface area contributed by atoms with Gasteiger partial charge in [0, 0.05) is 30.1 Å². The summed E-state index contributed by atoms with van der Waals surface area (Å²) in [7, 11) is 0. The highest BCUT2D eigenvalue weighted by molar-refractivity contribution is 7.13. The first-order valence-electron chi connectivity index (χ1n) is 7.99. The van der Waals surface area contributed by atoms with E-state index in [2.05, 4.69) is 18.8 Å². The molecular weight excluding hydrogens is 377 g/mol. The minimum Gasteiger partial charge on any atom is -0.342 e. The quantitative estimate of drug-likeness (QED) is 0.850. The van der Waals surface area contributed by atoms with Crippen LogP contribution in [-0.2, 0) is 11.2 Å². The van der Waals surface area contributed by atoms with Crippen molar-refractivity contribution in [3.8, 4) is 10.6 Å². The van der Waals surface area contributed by atoms with E-state index in [4.69, 9.17) is 5.73 Å². The minimum atomic E-state index is -0.0226. The Morgan fingerprint density at radius 1 is 1.32 bits per heavy atom. The molecule has 1 unspecified atom stereocenters. The number of hydrogen-bond acceptors (Lipinski definition) is 4. The number of piperidine rings is 1. The Bertz CT molecular complexity index is 691. The fraction of sp³-hybridized carbons (Fsp3) is 0.444. The molecule has 138 valence electrons. The molecule has 0 aliphatic carbocycles. The molecule has 1 saturated heterocycles. The average molecular weight is 402 g/mol. The summed E-state index contributed by atoms with van der Waals surface area (Å²) in [5, 5.41) is 2.95. The molecule has 4 nitrogen and oxygen atoms in total. The number of thiazole rings is 1. The first-order chi connectivity index (χ1) is 11.0. The van der Waals surface area contributed by atoms with Crippen LogP contribution in [0.5, 0.6) is 0 Å². The Morgan fingerprint density at radius 3 is 2.64 bits per heavy atom. The molecule has 1 aromatic heterocycles. The Kier molecular flexibility index (Phi) is 7.88. The Hall–Kier alpha value is -1.14. The summed E-state index contributed by atoms with van der Waals surface area (Å²) in [5.74, 6) is 0.148. The van der Waals surface area contributed by atoms with Gasteiger partial charge in [0.25, 0.3) is 0 Å². The summed E-state index contributed by atoms with van der Waals surface area (Å²) in [4.78, 5) is 19.1. The zero-order chi connectivity index (χ0) is 16.4. The third-order valence-corrected chi connectivity index (χ3v) is 5.51. The first-order valence-corrected chi connectivity index (χ1v) is 8.87. The number of nitrogens with zero attached hydrogens (tertiary/aromatic N) is 2. The second-order valence-corrected chi connectivity index (χ2v) is 7.74. The lowest BCUT2D eigenvalue weighted by Crippen LogP contribution is -2.54. The number of hydrogen-bond donors (Lipinski definition) is 1. The zero-order valence-electron chi connectivity index (χ0n) is 14.5. The fourth-order valence-electron chi connectivity index (χ4n) is 2.95. The number of carbonyl (C=O) groups excluding carboxylic acids is 1. The van der Waals surface area contributed by atoms with Crippen LogP contribution in [0.3, 0.4) is 0 Å². The van der Waals surface area contributed by atoms with Crippen LogP contribution in [-0.4, -0.2) is 34.9 Å². The molecule has 1 aliphatic heterocycles. The smallest absolute Gasteiger partial charge is 0.228 e. The molecule has 0 radical (unpaired) electrons. The Morgan fingerprint density at radius 2 is 2.00 bits per heavy atom. The monoisotopic (exact) mass is 401 g/mol. The van der Waals surface area contributed by atoms with Crippen molar-refractivity contribution >= 4 is 42.1 Å². The number of benzene rings is 1. The van der Waals surface area contributed by atoms with Gasteiger partial charge in [-0.05, 0) is 11.8 Å². The minimum absolute atomic E-state index is 0. The Balaban J connectivity index is 0.00000156. The number of likely N-dealkylation sites (tertiary alicyclic amines) is 1. The summed E-state index contributed by atoms with van der Waals surface area (Å²) in [6.07, 6.45) is 1.24. The van der Waals surface area contributed by atoms with Crippen molar-refractivity contribution in [3.63, 3.8) is 0 Å². The molecule has 1 aromatic carbocycles. The number of rotatable bonds is 3.